The number of nitrogens with one attached hydrogen (secondary N) is 1. The fourth-order valence-corrected chi connectivity index (χ4v) is 3.77. The lowest BCUT2D eigenvalue weighted by Crippen LogP contribution is -2.41. The Labute approximate surface area is 150 Å². The van der Waals surface area contributed by atoms with Crippen LogP contribution in [-0.2, 0) is 22.7 Å². The van der Waals surface area contributed by atoms with Crippen LogP contribution in [0, 0.1) is 5.41 Å². The summed E-state index contributed by atoms with van der Waals surface area (Å²) >= 11 is 0. The highest BCUT2D eigenvalue weighted by atomic mass is 16.2. The van der Waals surface area contributed by atoms with Crippen molar-refractivity contribution < 1.29 is 9.59 Å². The van der Waals surface area contributed by atoms with E-state index in [2.05, 4.69) is 34.5 Å². The van der Waals surface area contributed by atoms with Gasteiger partial charge in [-0.2, -0.15) is 0 Å². The molecule has 1 atom stereocenters. The third-order valence-electron chi connectivity index (χ3n) is 5.55. The van der Waals surface area contributed by atoms with Crippen LogP contribution in [0.2, 0.25) is 0 Å². The van der Waals surface area contributed by atoms with E-state index in [1.165, 1.54) is 31.5 Å². The number of carbonyl (C=O) groups excluding carboxylic acids is 2. The first-order valence-electron chi connectivity index (χ1n) is 9.30. The molecule has 0 spiro atoms. The molecule has 5 heteroatoms. The van der Waals surface area contributed by atoms with Crippen molar-refractivity contribution in [2.75, 3.05) is 26.2 Å². The normalized spacial score (nSPS) is 23.8. The number of likely N-dealkylation sites (tertiary alicyclic amines) is 2. The molecule has 2 amide bonds. The van der Waals surface area contributed by atoms with Crippen molar-refractivity contribution in [1.82, 2.24) is 15.1 Å². The summed E-state index contributed by atoms with van der Waals surface area (Å²) < 4.78 is 0. The SMILES string of the molecule is CC(=O)N1CCC(C)(C(=O)NCc2ccc(CN3CCCC3)cc2)C1. The van der Waals surface area contributed by atoms with Gasteiger partial charge in [-0.25, -0.2) is 0 Å². The van der Waals surface area contributed by atoms with Gasteiger partial charge in [-0.15, -0.1) is 0 Å². The summed E-state index contributed by atoms with van der Waals surface area (Å²) in [6, 6.07) is 8.53. The smallest absolute Gasteiger partial charge is 0.228 e. The van der Waals surface area contributed by atoms with Gasteiger partial charge in [-0.3, -0.25) is 14.5 Å². The van der Waals surface area contributed by atoms with Crippen LogP contribution in [0.3, 0.4) is 0 Å². The summed E-state index contributed by atoms with van der Waals surface area (Å²) in [6.07, 6.45) is 3.35. The standard InChI is InChI=1S/C20H29N3O2/c1-16(24)23-12-9-20(2,15-23)19(25)21-13-17-5-7-18(8-6-17)14-22-10-3-4-11-22/h5-8H,3-4,9-15H2,1-2H3,(H,21,25). The van der Waals surface area contributed by atoms with Gasteiger partial charge in [0.2, 0.25) is 11.8 Å². The summed E-state index contributed by atoms with van der Waals surface area (Å²) in [5.41, 5.74) is 1.97. The summed E-state index contributed by atoms with van der Waals surface area (Å²) in [4.78, 5) is 28.3. The highest BCUT2D eigenvalue weighted by molar-refractivity contribution is 5.84. The Hall–Kier alpha value is -1.88. The molecule has 0 aliphatic carbocycles. The third kappa shape index (κ3) is 4.40. The van der Waals surface area contributed by atoms with E-state index in [-0.39, 0.29) is 11.8 Å². The van der Waals surface area contributed by atoms with Gasteiger partial charge in [0.15, 0.2) is 0 Å². The van der Waals surface area contributed by atoms with Gasteiger partial charge in [-0.05, 0) is 50.4 Å². The van der Waals surface area contributed by atoms with E-state index in [4.69, 9.17) is 0 Å². The van der Waals surface area contributed by atoms with Crippen LogP contribution < -0.4 is 5.32 Å². The second kappa shape index (κ2) is 7.56. The van der Waals surface area contributed by atoms with Crippen LogP contribution in [0.15, 0.2) is 24.3 Å². The van der Waals surface area contributed by atoms with Crippen molar-refractivity contribution >= 4 is 11.8 Å². The highest BCUT2D eigenvalue weighted by Gasteiger charge is 2.40. The number of hydrogen-bond acceptors (Lipinski definition) is 3. The fourth-order valence-electron chi connectivity index (χ4n) is 3.77. The van der Waals surface area contributed by atoms with E-state index in [1.54, 1.807) is 11.8 Å². The molecule has 0 radical (unpaired) electrons. The first-order chi connectivity index (χ1) is 12.0. The molecule has 0 saturated carbocycles. The van der Waals surface area contributed by atoms with Crippen molar-refractivity contribution in [3.8, 4) is 0 Å². The minimum atomic E-state index is -0.471. The molecule has 0 aromatic heterocycles. The number of amides is 2. The molecular weight excluding hydrogens is 314 g/mol. The Bertz CT molecular complexity index is 622. The van der Waals surface area contributed by atoms with Crippen LogP contribution in [0.4, 0.5) is 0 Å². The van der Waals surface area contributed by atoms with Crippen molar-refractivity contribution in [2.45, 2.75) is 46.2 Å². The Morgan fingerprint density at radius 3 is 2.32 bits per heavy atom. The molecule has 136 valence electrons. The summed E-state index contributed by atoms with van der Waals surface area (Å²) in [5.74, 6) is 0.0857. The van der Waals surface area contributed by atoms with Gasteiger partial charge >= 0.3 is 0 Å². The van der Waals surface area contributed by atoms with E-state index in [1.807, 2.05) is 6.92 Å². The van der Waals surface area contributed by atoms with Crippen molar-refractivity contribution in [1.29, 1.82) is 0 Å². The Kier molecular flexibility index (Phi) is 5.42. The molecule has 2 heterocycles. The molecule has 3 rings (SSSR count). The van der Waals surface area contributed by atoms with Gasteiger partial charge in [0, 0.05) is 33.1 Å². The molecule has 1 aromatic rings. The summed E-state index contributed by atoms with van der Waals surface area (Å²) in [7, 11) is 0. The van der Waals surface area contributed by atoms with Crippen LogP contribution in [0.5, 0.6) is 0 Å². The number of rotatable bonds is 5. The molecule has 1 N–H and O–H groups in total. The summed E-state index contributed by atoms with van der Waals surface area (Å²) in [6.45, 7) is 8.66. The predicted octanol–water partition coefficient (Wildman–Crippen LogP) is 2.16. The van der Waals surface area contributed by atoms with Crippen LogP contribution in [0.1, 0.15) is 44.2 Å². The van der Waals surface area contributed by atoms with Crippen molar-refractivity contribution in [2.24, 2.45) is 5.41 Å². The van der Waals surface area contributed by atoms with Gasteiger partial charge in [0.05, 0.1) is 5.41 Å². The lowest BCUT2D eigenvalue weighted by atomic mass is 9.88. The fraction of sp³-hybridized carbons (Fsp3) is 0.600. The average molecular weight is 343 g/mol. The van der Waals surface area contributed by atoms with Gasteiger partial charge in [0.1, 0.15) is 0 Å². The third-order valence-corrected chi connectivity index (χ3v) is 5.55. The topological polar surface area (TPSA) is 52.7 Å². The molecule has 2 aliphatic heterocycles. The first-order valence-corrected chi connectivity index (χ1v) is 9.30. The molecular formula is C20H29N3O2. The quantitative estimate of drug-likeness (QED) is 0.891. The first kappa shape index (κ1) is 17.9. The van der Waals surface area contributed by atoms with Crippen LogP contribution >= 0.6 is 0 Å². The average Bonchev–Trinajstić information content (AvgIpc) is 3.24. The van der Waals surface area contributed by atoms with Crippen molar-refractivity contribution in [3.63, 3.8) is 0 Å². The molecule has 5 nitrogen and oxygen atoms in total. The molecule has 0 bridgehead atoms. The molecule has 1 aromatic carbocycles. The Balaban J connectivity index is 1.49. The van der Waals surface area contributed by atoms with Gasteiger partial charge in [0.25, 0.3) is 0 Å². The Morgan fingerprint density at radius 2 is 1.72 bits per heavy atom. The van der Waals surface area contributed by atoms with E-state index in [9.17, 15) is 9.59 Å². The predicted molar refractivity (Wildman–Crippen MR) is 97.8 cm³/mol. The van der Waals surface area contributed by atoms with E-state index in [0.29, 0.717) is 19.6 Å². The molecule has 2 fully saturated rings. The molecule has 2 aliphatic rings. The number of nitrogens with zero attached hydrogens (tertiary/aromatic N) is 2. The molecule has 1 unspecified atom stereocenters. The van der Waals surface area contributed by atoms with E-state index in [0.717, 1.165) is 18.5 Å². The highest BCUT2D eigenvalue weighted by Crippen LogP contribution is 2.30. The maximum atomic E-state index is 12.5. The monoisotopic (exact) mass is 343 g/mol. The van der Waals surface area contributed by atoms with E-state index >= 15 is 0 Å². The second-order valence-corrected chi connectivity index (χ2v) is 7.73. The lowest BCUT2D eigenvalue weighted by Gasteiger charge is -2.23. The molecule has 25 heavy (non-hydrogen) atoms. The molecule has 2 saturated heterocycles. The Morgan fingerprint density at radius 1 is 1.08 bits per heavy atom. The minimum absolute atomic E-state index is 0.0393. The van der Waals surface area contributed by atoms with Crippen molar-refractivity contribution in [3.05, 3.63) is 35.4 Å². The van der Waals surface area contributed by atoms with Crippen LogP contribution in [-0.4, -0.2) is 47.8 Å². The minimum Gasteiger partial charge on any atom is -0.351 e. The van der Waals surface area contributed by atoms with Gasteiger partial charge in [-0.1, -0.05) is 24.3 Å². The maximum absolute atomic E-state index is 12.5. The van der Waals surface area contributed by atoms with Gasteiger partial charge < -0.3 is 10.2 Å². The second-order valence-electron chi connectivity index (χ2n) is 7.73. The number of hydrogen-bond donors (Lipinski definition) is 1. The zero-order chi connectivity index (χ0) is 17.9. The largest absolute Gasteiger partial charge is 0.351 e. The number of carbonyl (C=O) groups is 2. The lowest BCUT2D eigenvalue weighted by molar-refractivity contribution is -0.131. The number of benzene rings is 1. The zero-order valence-electron chi connectivity index (χ0n) is 15.4. The maximum Gasteiger partial charge on any atom is 0.228 e. The van der Waals surface area contributed by atoms with Crippen LogP contribution in [0.25, 0.3) is 0 Å². The zero-order valence-corrected chi connectivity index (χ0v) is 15.4. The van der Waals surface area contributed by atoms with E-state index < -0.39 is 5.41 Å². The summed E-state index contributed by atoms with van der Waals surface area (Å²) in [5, 5.41) is 3.05.